The van der Waals surface area contributed by atoms with E-state index < -0.39 is 28.9 Å². The van der Waals surface area contributed by atoms with Gasteiger partial charge in [-0.25, -0.2) is 0 Å². The Labute approximate surface area is 97.1 Å². The van der Waals surface area contributed by atoms with Crippen LogP contribution >= 0.6 is 0 Å². The number of halogens is 3. The third-order valence-electron chi connectivity index (χ3n) is 2.40. The first-order valence-electron chi connectivity index (χ1n) is 4.71. The molecule has 2 rings (SSSR count). The molecule has 1 aromatic rings. The van der Waals surface area contributed by atoms with Crippen molar-refractivity contribution >= 4 is 11.7 Å². The van der Waals surface area contributed by atoms with Crippen LogP contribution in [0.1, 0.15) is 6.04 Å². The van der Waals surface area contributed by atoms with Crippen LogP contribution in [0.2, 0.25) is 0 Å². The molecule has 0 N–H and O–H groups in total. The number of carbonyl (C=O) groups excluding carboxylic acids is 1. The van der Waals surface area contributed by atoms with Gasteiger partial charge in [0.25, 0.3) is 0 Å². The quantitative estimate of drug-likeness (QED) is 0.559. The number of carbonyl (C=O) groups is 1. The van der Waals surface area contributed by atoms with Gasteiger partial charge in [-0.2, -0.15) is 13.2 Å². The highest BCUT2D eigenvalue weighted by Gasteiger charge is 2.48. The predicted molar refractivity (Wildman–Crippen MR) is 48.3 cm³/mol. The zero-order valence-corrected chi connectivity index (χ0v) is 8.66. The number of hydrogen-bond donors (Lipinski definition) is 0. The van der Waals surface area contributed by atoms with Gasteiger partial charge in [0.15, 0.2) is 6.20 Å². The summed E-state index contributed by atoms with van der Waals surface area (Å²) < 4.78 is 36.1. The van der Waals surface area contributed by atoms with Crippen LogP contribution in [0.25, 0.3) is 0 Å². The van der Waals surface area contributed by atoms with Gasteiger partial charge in [-0.05, 0) is 4.92 Å². The maximum atomic E-state index is 12.0. The third-order valence-corrected chi connectivity index (χ3v) is 2.40. The molecule has 1 aliphatic heterocycles. The van der Waals surface area contributed by atoms with E-state index in [2.05, 4.69) is 10.2 Å². The summed E-state index contributed by atoms with van der Waals surface area (Å²) in [6.07, 6.45) is -4.01. The van der Waals surface area contributed by atoms with Crippen molar-refractivity contribution in [1.29, 1.82) is 0 Å². The molecule has 1 aliphatic rings. The number of likely N-dealkylation sites (tertiary alicyclic amines) is 1. The lowest BCUT2D eigenvalue weighted by atomic mass is 10.1. The average molecular weight is 265 g/mol. The van der Waals surface area contributed by atoms with E-state index in [1.54, 1.807) is 0 Å². The number of nitro groups is 1. The molecule has 8 nitrogen and oxygen atoms in total. The van der Waals surface area contributed by atoms with Crippen molar-refractivity contribution in [2.75, 3.05) is 13.1 Å². The minimum atomic E-state index is -4.91. The molecule has 0 saturated carbocycles. The number of hydrogen-bond acceptors (Lipinski definition) is 5. The van der Waals surface area contributed by atoms with Crippen molar-refractivity contribution < 1.29 is 22.9 Å². The molecule has 1 fully saturated rings. The number of alkyl halides is 3. The highest BCUT2D eigenvalue weighted by Crippen LogP contribution is 2.26. The second-order valence-electron chi connectivity index (χ2n) is 3.64. The molecule has 0 bridgehead atoms. The largest absolute Gasteiger partial charge is 0.471 e. The molecule has 0 aromatic carbocycles. The Morgan fingerprint density at radius 3 is 2.56 bits per heavy atom. The van der Waals surface area contributed by atoms with Crippen LogP contribution in [-0.2, 0) is 4.79 Å². The molecule has 0 aliphatic carbocycles. The van der Waals surface area contributed by atoms with Crippen molar-refractivity contribution in [2.24, 2.45) is 0 Å². The van der Waals surface area contributed by atoms with Crippen LogP contribution < -0.4 is 0 Å². The number of aromatic nitrogens is 3. The normalized spacial score (nSPS) is 16.5. The number of nitrogens with zero attached hydrogens (tertiary/aromatic N) is 5. The molecule has 11 heteroatoms. The summed E-state index contributed by atoms with van der Waals surface area (Å²) in [6, 6.07) is -0.565. The van der Waals surface area contributed by atoms with E-state index in [9.17, 15) is 28.1 Å². The maximum Gasteiger partial charge on any atom is 0.471 e. The van der Waals surface area contributed by atoms with Gasteiger partial charge in [-0.3, -0.25) is 4.79 Å². The van der Waals surface area contributed by atoms with Crippen LogP contribution in [0.5, 0.6) is 0 Å². The monoisotopic (exact) mass is 265 g/mol. The van der Waals surface area contributed by atoms with E-state index >= 15 is 0 Å². The van der Waals surface area contributed by atoms with Crippen LogP contribution in [0.3, 0.4) is 0 Å². The van der Waals surface area contributed by atoms with Crippen molar-refractivity contribution in [2.45, 2.75) is 12.2 Å². The molecule has 0 unspecified atom stereocenters. The van der Waals surface area contributed by atoms with Crippen molar-refractivity contribution in [3.05, 3.63) is 16.3 Å². The van der Waals surface area contributed by atoms with Gasteiger partial charge >= 0.3 is 17.9 Å². The van der Waals surface area contributed by atoms with Crippen molar-refractivity contribution in [3.8, 4) is 0 Å². The van der Waals surface area contributed by atoms with Crippen molar-refractivity contribution in [3.63, 3.8) is 0 Å². The first-order chi connectivity index (χ1) is 8.29. The van der Waals surface area contributed by atoms with Gasteiger partial charge in [0.2, 0.25) is 0 Å². The molecule has 0 spiro atoms. The fourth-order valence-corrected chi connectivity index (χ4v) is 1.47. The summed E-state index contributed by atoms with van der Waals surface area (Å²) in [7, 11) is 0. The second-order valence-corrected chi connectivity index (χ2v) is 3.64. The second kappa shape index (κ2) is 3.92. The highest BCUT2D eigenvalue weighted by molar-refractivity contribution is 5.82. The molecular formula is C7H6F3N5O3. The summed E-state index contributed by atoms with van der Waals surface area (Å²) in [5.74, 6) is -2.42. The Morgan fingerprint density at radius 1 is 1.50 bits per heavy atom. The summed E-state index contributed by atoms with van der Waals surface area (Å²) in [5.41, 5.74) is 0. The minimum Gasteiger partial charge on any atom is -0.358 e. The van der Waals surface area contributed by atoms with Crippen molar-refractivity contribution in [1.82, 2.24) is 19.9 Å². The Balaban J connectivity index is 1.96. The molecule has 1 amide bonds. The minimum absolute atomic E-state index is 0.218. The number of amides is 1. The summed E-state index contributed by atoms with van der Waals surface area (Å²) in [6.45, 7) is -0.436. The standard InChI is InChI=1S/C7H6F3N5O3/c8-7(9,10)6(16)13-2-4(3-13)14-11-1-5(12-14)15(17)18/h1,4H,2-3H2. The zero-order valence-electron chi connectivity index (χ0n) is 8.66. The lowest BCUT2D eigenvalue weighted by Gasteiger charge is -2.36. The average Bonchev–Trinajstić information content (AvgIpc) is 2.62. The summed E-state index contributed by atoms with van der Waals surface area (Å²) in [5, 5.41) is 17.4. The van der Waals surface area contributed by atoms with E-state index in [-0.39, 0.29) is 13.1 Å². The molecular weight excluding hydrogens is 259 g/mol. The van der Waals surface area contributed by atoms with Crippen LogP contribution in [0, 0.1) is 10.1 Å². The Kier molecular flexibility index (Phi) is 2.67. The Hall–Kier alpha value is -2.20. The zero-order chi connectivity index (χ0) is 13.5. The van der Waals surface area contributed by atoms with E-state index in [4.69, 9.17) is 0 Å². The molecule has 98 valence electrons. The fraction of sp³-hybridized carbons (Fsp3) is 0.571. The fourth-order valence-electron chi connectivity index (χ4n) is 1.47. The SMILES string of the molecule is O=C(N1CC(n2ncc([N+](=O)[O-])n2)C1)C(F)(F)F. The lowest BCUT2D eigenvalue weighted by molar-refractivity contribution is -0.390. The van der Waals surface area contributed by atoms with E-state index in [0.29, 0.717) is 4.90 Å². The third kappa shape index (κ3) is 2.10. The van der Waals surface area contributed by atoms with Gasteiger partial charge in [0.05, 0.1) is 5.10 Å². The van der Waals surface area contributed by atoms with Crippen LogP contribution in [-0.4, -0.2) is 50.0 Å². The van der Waals surface area contributed by atoms with E-state index in [1.807, 2.05) is 0 Å². The summed E-state index contributed by atoms with van der Waals surface area (Å²) >= 11 is 0. The molecule has 0 radical (unpaired) electrons. The van der Waals surface area contributed by atoms with Crippen LogP contribution in [0.15, 0.2) is 6.20 Å². The maximum absolute atomic E-state index is 12.0. The van der Waals surface area contributed by atoms with Gasteiger partial charge in [0, 0.05) is 13.1 Å². The first-order valence-corrected chi connectivity index (χ1v) is 4.71. The van der Waals surface area contributed by atoms with Gasteiger partial charge in [0.1, 0.15) is 6.04 Å². The molecule has 2 heterocycles. The molecule has 1 saturated heterocycles. The Bertz CT molecular complexity index is 493. The van der Waals surface area contributed by atoms with Gasteiger partial charge in [-0.15, -0.1) is 5.10 Å². The molecule has 18 heavy (non-hydrogen) atoms. The van der Waals surface area contributed by atoms with E-state index in [1.165, 1.54) is 0 Å². The lowest BCUT2D eigenvalue weighted by Crippen LogP contribution is -2.55. The molecule has 1 aromatic heterocycles. The molecule has 0 atom stereocenters. The Morgan fingerprint density at radius 2 is 2.11 bits per heavy atom. The topological polar surface area (TPSA) is 94.2 Å². The first kappa shape index (κ1) is 12.3. The number of rotatable bonds is 2. The van der Waals surface area contributed by atoms with Gasteiger partial charge < -0.3 is 15.0 Å². The van der Waals surface area contributed by atoms with Crippen LogP contribution in [0.4, 0.5) is 19.0 Å². The summed E-state index contributed by atoms with van der Waals surface area (Å²) in [4.78, 5) is 21.9. The van der Waals surface area contributed by atoms with Gasteiger partial charge in [-0.1, -0.05) is 4.80 Å². The highest BCUT2D eigenvalue weighted by atomic mass is 19.4. The van der Waals surface area contributed by atoms with E-state index in [0.717, 1.165) is 11.0 Å². The smallest absolute Gasteiger partial charge is 0.358 e. The predicted octanol–water partition coefficient (Wildman–Crippen LogP) is 0.132.